The van der Waals surface area contributed by atoms with Crippen molar-refractivity contribution in [3.05, 3.63) is 68.7 Å². The predicted molar refractivity (Wildman–Crippen MR) is 179 cm³/mol. The molecule has 5 N–H and O–H groups in total. The van der Waals surface area contributed by atoms with E-state index in [9.17, 15) is 27.6 Å². The molecule has 3 aromatic rings. The maximum Gasteiger partial charge on any atom is 0.418 e. The highest BCUT2D eigenvalue weighted by molar-refractivity contribution is 7.15. The molecule has 0 radical (unpaired) electrons. The lowest BCUT2D eigenvalue weighted by molar-refractivity contribution is -0.142. The second-order valence-electron chi connectivity index (χ2n) is 12.5. The standard InChI is InChI=1S/C33H37ClF3N7O3S/c34-24-17-19(16-23(29(24)38)33(35,36)37)15-21(30(46)43-12-8-26-27(9-13-43)48-31(39)40-26)18-28(45)42-10-6-22(7-11-42)44-14-5-20-3-1-2-4-25(20)41-32(44)47/h1-4,16-17,21-22H,5-15,18,38H2,(H2,39,40)(H,41,47). The van der Waals surface area contributed by atoms with Gasteiger partial charge >= 0.3 is 12.2 Å². The number of fused-ring (bicyclic) bond motifs is 2. The molecular weight excluding hydrogens is 667 g/mol. The topological polar surface area (TPSA) is 138 Å². The van der Waals surface area contributed by atoms with E-state index < -0.39 is 23.3 Å². The summed E-state index contributed by atoms with van der Waals surface area (Å²) in [6, 6.07) is 9.73. The fraction of sp³-hybridized carbons (Fsp3) is 0.455. The number of aromatic nitrogens is 1. The summed E-state index contributed by atoms with van der Waals surface area (Å²) in [6.07, 6.45) is -2.15. The second-order valence-corrected chi connectivity index (χ2v) is 14.1. The lowest BCUT2D eigenvalue weighted by Gasteiger charge is -2.38. The first kappa shape index (κ1) is 33.8. The summed E-state index contributed by atoms with van der Waals surface area (Å²) < 4.78 is 41.4. The van der Waals surface area contributed by atoms with Crippen molar-refractivity contribution in [2.75, 3.05) is 49.5 Å². The van der Waals surface area contributed by atoms with Crippen LogP contribution in [0.25, 0.3) is 0 Å². The number of anilines is 3. The molecule has 3 aliphatic heterocycles. The number of hydrogen-bond acceptors (Lipinski definition) is 7. The maximum atomic E-state index is 14.1. The summed E-state index contributed by atoms with van der Waals surface area (Å²) in [5.41, 5.74) is 12.8. The van der Waals surface area contributed by atoms with Gasteiger partial charge in [-0.15, -0.1) is 11.3 Å². The van der Waals surface area contributed by atoms with Crippen LogP contribution in [0.1, 0.15) is 46.5 Å². The Labute approximate surface area is 285 Å². The number of hydrogen-bond donors (Lipinski definition) is 3. The van der Waals surface area contributed by atoms with E-state index in [-0.39, 0.29) is 47.3 Å². The number of halogens is 4. The number of urea groups is 1. The third-order valence-corrected chi connectivity index (χ3v) is 10.8. The molecule has 15 heteroatoms. The predicted octanol–water partition coefficient (Wildman–Crippen LogP) is 5.24. The van der Waals surface area contributed by atoms with E-state index in [1.54, 1.807) is 9.80 Å². The third kappa shape index (κ3) is 7.34. The van der Waals surface area contributed by atoms with Gasteiger partial charge in [-0.05, 0) is 55.0 Å². The number of thiazole rings is 1. The zero-order valence-electron chi connectivity index (χ0n) is 26.2. The second kappa shape index (κ2) is 13.8. The van der Waals surface area contributed by atoms with Gasteiger partial charge in [0.2, 0.25) is 11.8 Å². The summed E-state index contributed by atoms with van der Waals surface area (Å²) in [6.45, 7) is 2.07. The highest BCUT2D eigenvalue weighted by atomic mass is 35.5. The Kier molecular flexibility index (Phi) is 9.75. The highest BCUT2D eigenvalue weighted by Gasteiger charge is 2.37. The number of nitrogen functional groups attached to an aromatic ring is 2. The van der Waals surface area contributed by atoms with Crippen LogP contribution >= 0.6 is 22.9 Å². The molecule has 10 nitrogen and oxygen atoms in total. The first-order chi connectivity index (χ1) is 22.9. The molecule has 256 valence electrons. The van der Waals surface area contributed by atoms with Gasteiger partial charge in [0.05, 0.1) is 27.9 Å². The highest BCUT2D eigenvalue weighted by Crippen LogP contribution is 2.39. The van der Waals surface area contributed by atoms with E-state index in [0.29, 0.717) is 63.5 Å². The van der Waals surface area contributed by atoms with Crippen molar-refractivity contribution >= 4 is 57.3 Å². The van der Waals surface area contributed by atoms with Crippen molar-refractivity contribution in [2.45, 2.75) is 57.2 Å². The Morgan fingerprint density at radius 2 is 1.75 bits per heavy atom. The number of carbonyl (C=O) groups excluding carboxylic acids is 3. The van der Waals surface area contributed by atoms with Crippen LogP contribution in [0, 0.1) is 5.92 Å². The number of alkyl halides is 3. The normalized spacial score (nSPS) is 18.0. The van der Waals surface area contributed by atoms with Crippen molar-refractivity contribution in [1.29, 1.82) is 0 Å². The zero-order valence-corrected chi connectivity index (χ0v) is 27.8. The van der Waals surface area contributed by atoms with Gasteiger partial charge in [-0.1, -0.05) is 29.8 Å². The van der Waals surface area contributed by atoms with Gasteiger partial charge in [-0.3, -0.25) is 9.59 Å². The summed E-state index contributed by atoms with van der Waals surface area (Å²) in [5.74, 6) is -1.51. The number of rotatable bonds is 6. The average Bonchev–Trinajstić information content (AvgIpc) is 3.18. The summed E-state index contributed by atoms with van der Waals surface area (Å²) >= 11 is 7.50. The van der Waals surface area contributed by atoms with Crippen LogP contribution in [-0.4, -0.2) is 76.3 Å². The number of piperidine rings is 1. The Balaban J connectivity index is 1.15. The molecule has 2 aromatic carbocycles. The summed E-state index contributed by atoms with van der Waals surface area (Å²) in [4.78, 5) is 51.4. The van der Waals surface area contributed by atoms with Crippen molar-refractivity contribution in [3.8, 4) is 0 Å². The molecule has 3 aliphatic rings. The summed E-state index contributed by atoms with van der Waals surface area (Å²) in [5, 5.41) is 3.20. The van der Waals surface area contributed by atoms with Crippen LogP contribution < -0.4 is 16.8 Å². The largest absolute Gasteiger partial charge is 0.418 e. The maximum absolute atomic E-state index is 14.1. The van der Waals surface area contributed by atoms with Crippen LogP contribution in [0.5, 0.6) is 0 Å². The number of para-hydroxylation sites is 1. The Bertz CT molecular complexity index is 1680. The number of nitrogens with zero attached hydrogens (tertiary/aromatic N) is 4. The van der Waals surface area contributed by atoms with Gasteiger partial charge in [0.1, 0.15) is 0 Å². The monoisotopic (exact) mass is 703 g/mol. The first-order valence-corrected chi connectivity index (χ1v) is 17.2. The Hall–Kier alpha value is -4.04. The molecule has 0 aliphatic carbocycles. The number of nitrogens with one attached hydrogen (secondary N) is 1. The quantitative estimate of drug-likeness (QED) is 0.301. The molecule has 1 aromatic heterocycles. The first-order valence-electron chi connectivity index (χ1n) is 16.0. The van der Waals surface area contributed by atoms with Gasteiger partial charge in [0, 0.05) is 68.6 Å². The molecular formula is C33H37ClF3N7O3S. The van der Waals surface area contributed by atoms with Crippen LogP contribution in [0.4, 0.5) is 34.5 Å². The van der Waals surface area contributed by atoms with Gasteiger partial charge in [0.15, 0.2) is 5.13 Å². The molecule has 0 bridgehead atoms. The van der Waals surface area contributed by atoms with E-state index in [2.05, 4.69) is 10.3 Å². The minimum atomic E-state index is -4.74. The molecule has 1 unspecified atom stereocenters. The molecule has 1 atom stereocenters. The fourth-order valence-electron chi connectivity index (χ4n) is 6.92. The smallest absolute Gasteiger partial charge is 0.397 e. The molecule has 4 amide bonds. The lowest BCUT2D eigenvalue weighted by atomic mass is 9.92. The molecule has 0 spiro atoms. The molecule has 48 heavy (non-hydrogen) atoms. The Morgan fingerprint density at radius 3 is 2.50 bits per heavy atom. The number of benzene rings is 2. The number of carbonyl (C=O) groups is 3. The average molecular weight is 704 g/mol. The SMILES string of the molecule is Nc1nc2c(s1)CCN(C(=O)C(CC(=O)N1CCC(N3CCc4ccccc4NC3=O)CC1)Cc1cc(Cl)c(N)c(C(F)(F)F)c1)CC2. The minimum absolute atomic E-state index is 0.0559. The van der Waals surface area contributed by atoms with Crippen molar-refractivity contribution in [2.24, 2.45) is 5.92 Å². The number of likely N-dealkylation sites (tertiary alicyclic amines) is 1. The van der Waals surface area contributed by atoms with Crippen LogP contribution in [0.15, 0.2) is 36.4 Å². The van der Waals surface area contributed by atoms with E-state index >= 15 is 0 Å². The third-order valence-electron chi connectivity index (χ3n) is 9.48. The fourth-order valence-corrected chi connectivity index (χ4v) is 8.03. The van der Waals surface area contributed by atoms with Crippen molar-refractivity contribution in [3.63, 3.8) is 0 Å². The van der Waals surface area contributed by atoms with Crippen LogP contribution in [-0.2, 0) is 41.4 Å². The molecule has 0 saturated carbocycles. The van der Waals surface area contributed by atoms with E-state index in [0.717, 1.165) is 34.3 Å². The van der Waals surface area contributed by atoms with Crippen LogP contribution in [0.2, 0.25) is 5.02 Å². The Morgan fingerprint density at radius 1 is 1.02 bits per heavy atom. The lowest BCUT2D eigenvalue weighted by Crippen LogP contribution is -2.50. The molecule has 4 heterocycles. The van der Waals surface area contributed by atoms with Gasteiger partial charge in [-0.25, -0.2) is 9.78 Å². The molecule has 1 saturated heterocycles. The molecule has 6 rings (SSSR count). The minimum Gasteiger partial charge on any atom is -0.397 e. The van der Waals surface area contributed by atoms with Gasteiger partial charge in [-0.2, -0.15) is 13.2 Å². The van der Waals surface area contributed by atoms with Crippen LogP contribution in [0.3, 0.4) is 0 Å². The zero-order chi connectivity index (χ0) is 34.2. The van der Waals surface area contributed by atoms with Crippen molar-refractivity contribution < 1.29 is 27.6 Å². The van der Waals surface area contributed by atoms with E-state index in [1.165, 1.54) is 17.4 Å². The van der Waals surface area contributed by atoms with Gasteiger partial charge in [0.25, 0.3) is 0 Å². The van der Waals surface area contributed by atoms with Crippen molar-refractivity contribution in [1.82, 2.24) is 19.7 Å². The molecule has 1 fully saturated rings. The number of amides is 4. The van der Waals surface area contributed by atoms with E-state index in [1.807, 2.05) is 29.2 Å². The van der Waals surface area contributed by atoms with Gasteiger partial charge < -0.3 is 31.5 Å². The summed E-state index contributed by atoms with van der Waals surface area (Å²) in [7, 11) is 0. The van der Waals surface area contributed by atoms with E-state index in [4.69, 9.17) is 23.1 Å². The number of nitrogens with two attached hydrogens (primary N) is 2.